The molecule has 0 aliphatic rings. The minimum absolute atomic E-state index is 0.0180. The van der Waals surface area contributed by atoms with Crippen LogP contribution in [0.3, 0.4) is 0 Å². The number of ketones is 1. The monoisotopic (exact) mass is 302 g/mol. The lowest BCUT2D eigenvalue weighted by Gasteiger charge is -2.12. The van der Waals surface area contributed by atoms with E-state index in [-0.39, 0.29) is 5.78 Å². The smallest absolute Gasteiger partial charge is 0.171 e. The molecule has 3 heteroatoms. The van der Waals surface area contributed by atoms with Crippen molar-refractivity contribution in [2.75, 3.05) is 7.11 Å². The van der Waals surface area contributed by atoms with Gasteiger partial charge in [0.25, 0.3) is 0 Å². The van der Waals surface area contributed by atoms with Crippen LogP contribution >= 0.6 is 11.6 Å². The zero-order valence-electron chi connectivity index (χ0n) is 12.8. The molecule has 110 valence electrons. The highest BCUT2D eigenvalue weighted by molar-refractivity contribution is 6.31. The number of carbonyl (C=O) groups is 1. The van der Waals surface area contributed by atoms with E-state index in [1.807, 2.05) is 13.8 Å². The van der Waals surface area contributed by atoms with E-state index in [2.05, 4.69) is 19.1 Å². The normalized spacial score (nSPS) is 10.5. The maximum atomic E-state index is 12.6. The molecule has 0 unspecified atom stereocenters. The number of ether oxygens (including phenoxy) is 1. The molecule has 21 heavy (non-hydrogen) atoms. The molecule has 2 aromatic carbocycles. The third-order valence-electron chi connectivity index (χ3n) is 3.64. The summed E-state index contributed by atoms with van der Waals surface area (Å²) < 4.78 is 5.26. The Balaban J connectivity index is 2.37. The zero-order chi connectivity index (χ0) is 15.6. The van der Waals surface area contributed by atoms with Crippen LogP contribution in [-0.2, 0) is 6.42 Å². The van der Waals surface area contributed by atoms with Crippen LogP contribution in [0.4, 0.5) is 0 Å². The van der Waals surface area contributed by atoms with Gasteiger partial charge in [-0.05, 0) is 55.7 Å². The van der Waals surface area contributed by atoms with Gasteiger partial charge in [-0.25, -0.2) is 0 Å². The van der Waals surface area contributed by atoms with Crippen molar-refractivity contribution >= 4 is 17.4 Å². The summed E-state index contributed by atoms with van der Waals surface area (Å²) in [4.78, 5) is 12.6. The molecule has 0 heterocycles. The Morgan fingerprint density at radius 3 is 2.29 bits per heavy atom. The molecular formula is C18H19ClO2. The molecule has 0 bridgehead atoms. The number of benzene rings is 2. The summed E-state index contributed by atoms with van der Waals surface area (Å²) in [7, 11) is 1.56. The lowest BCUT2D eigenvalue weighted by molar-refractivity contribution is 0.0989. The number of Topliss-reactive ketones (excluding diaryl/α,β-unsaturated/α-hetero) is 1. The van der Waals surface area contributed by atoms with Gasteiger partial charge in [-0.15, -0.1) is 0 Å². The third kappa shape index (κ3) is 3.45. The van der Waals surface area contributed by atoms with E-state index < -0.39 is 0 Å². The van der Waals surface area contributed by atoms with E-state index in [0.29, 0.717) is 22.8 Å². The van der Waals surface area contributed by atoms with Crippen LogP contribution in [0.5, 0.6) is 5.75 Å². The molecule has 2 nitrogen and oxygen atoms in total. The Kier molecular flexibility index (Phi) is 4.69. The van der Waals surface area contributed by atoms with Crippen LogP contribution in [0.2, 0.25) is 5.02 Å². The largest absolute Gasteiger partial charge is 0.496 e. The van der Waals surface area contributed by atoms with Gasteiger partial charge in [0.1, 0.15) is 5.75 Å². The van der Waals surface area contributed by atoms with E-state index in [1.54, 1.807) is 25.3 Å². The Morgan fingerprint density at radius 2 is 1.71 bits per heavy atom. The van der Waals surface area contributed by atoms with Crippen molar-refractivity contribution in [2.24, 2.45) is 0 Å². The molecule has 2 aromatic rings. The fourth-order valence-electron chi connectivity index (χ4n) is 2.64. The van der Waals surface area contributed by atoms with Crippen molar-refractivity contribution in [3.05, 3.63) is 63.2 Å². The first-order chi connectivity index (χ1) is 9.92. The fraction of sp³-hybridized carbons (Fsp3) is 0.278. The average molecular weight is 303 g/mol. The van der Waals surface area contributed by atoms with Gasteiger partial charge in [-0.2, -0.15) is 0 Å². The van der Waals surface area contributed by atoms with Crippen molar-refractivity contribution in [3.63, 3.8) is 0 Å². The second kappa shape index (κ2) is 6.31. The van der Waals surface area contributed by atoms with E-state index in [1.165, 1.54) is 5.56 Å². The standard InChI is InChI=1S/C18H19ClO2/c1-11-7-12(2)15(13(3)8-11)10-17(20)16-9-14(19)5-6-18(16)21-4/h5-9H,10H2,1-4H3. The Hall–Kier alpha value is -1.80. The SMILES string of the molecule is COc1ccc(Cl)cc1C(=O)Cc1c(C)cc(C)cc1C. The van der Waals surface area contributed by atoms with Crippen LogP contribution in [0.1, 0.15) is 32.6 Å². The van der Waals surface area contributed by atoms with Crippen molar-refractivity contribution in [2.45, 2.75) is 27.2 Å². The number of halogens is 1. The molecule has 0 saturated carbocycles. The molecule has 0 spiro atoms. The van der Waals surface area contributed by atoms with E-state index in [4.69, 9.17) is 16.3 Å². The maximum Gasteiger partial charge on any atom is 0.171 e. The molecule has 0 radical (unpaired) electrons. The molecule has 0 fully saturated rings. The van der Waals surface area contributed by atoms with Gasteiger partial charge in [0.2, 0.25) is 0 Å². The highest BCUT2D eigenvalue weighted by Crippen LogP contribution is 2.25. The molecule has 0 aromatic heterocycles. The summed E-state index contributed by atoms with van der Waals surface area (Å²) in [5, 5.41) is 0.538. The van der Waals surface area contributed by atoms with E-state index >= 15 is 0 Å². The van der Waals surface area contributed by atoms with Crippen molar-refractivity contribution in [1.29, 1.82) is 0 Å². The van der Waals surface area contributed by atoms with E-state index in [9.17, 15) is 4.79 Å². The number of hydrogen-bond donors (Lipinski definition) is 0. The van der Waals surface area contributed by atoms with Crippen molar-refractivity contribution < 1.29 is 9.53 Å². The Bertz CT molecular complexity index is 667. The Morgan fingerprint density at radius 1 is 1.10 bits per heavy atom. The van der Waals surface area contributed by atoms with Gasteiger partial charge in [0, 0.05) is 11.4 Å². The summed E-state index contributed by atoms with van der Waals surface area (Å²) in [5.41, 5.74) is 5.10. The van der Waals surface area contributed by atoms with Crippen LogP contribution in [0, 0.1) is 20.8 Å². The molecule has 0 atom stereocenters. The molecule has 0 saturated heterocycles. The van der Waals surface area contributed by atoms with Gasteiger partial charge in [0.05, 0.1) is 12.7 Å². The zero-order valence-corrected chi connectivity index (χ0v) is 13.5. The number of methoxy groups -OCH3 is 1. The predicted molar refractivity (Wildman–Crippen MR) is 86.7 cm³/mol. The average Bonchev–Trinajstić information content (AvgIpc) is 2.42. The molecule has 0 N–H and O–H groups in total. The number of rotatable bonds is 4. The fourth-order valence-corrected chi connectivity index (χ4v) is 2.81. The first-order valence-electron chi connectivity index (χ1n) is 6.86. The van der Waals surface area contributed by atoms with Gasteiger partial charge < -0.3 is 4.74 Å². The van der Waals surface area contributed by atoms with Crippen molar-refractivity contribution in [3.8, 4) is 5.75 Å². The molecule has 0 aliphatic carbocycles. The molecule has 0 amide bonds. The van der Waals surface area contributed by atoms with E-state index in [0.717, 1.165) is 16.7 Å². The third-order valence-corrected chi connectivity index (χ3v) is 3.87. The first-order valence-corrected chi connectivity index (χ1v) is 7.23. The quantitative estimate of drug-likeness (QED) is 0.765. The van der Waals surface area contributed by atoms with Crippen molar-refractivity contribution in [1.82, 2.24) is 0 Å². The van der Waals surface area contributed by atoms with Gasteiger partial charge in [-0.3, -0.25) is 4.79 Å². The second-order valence-corrected chi connectivity index (χ2v) is 5.76. The maximum absolute atomic E-state index is 12.6. The predicted octanol–water partition coefficient (Wildman–Crippen LogP) is 4.70. The summed E-state index contributed by atoms with van der Waals surface area (Å²) in [6, 6.07) is 9.32. The number of hydrogen-bond acceptors (Lipinski definition) is 2. The minimum atomic E-state index is 0.0180. The van der Waals surface area contributed by atoms with Gasteiger partial charge >= 0.3 is 0 Å². The summed E-state index contributed by atoms with van der Waals surface area (Å²) in [6.45, 7) is 6.14. The second-order valence-electron chi connectivity index (χ2n) is 5.32. The topological polar surface area (TPSA) is 26.3 Å². The molecule has 0 aliphatic heterocycles. The van der Waals surface area contributed by atoms with Crippen LogP contribution in [0.15, 0.2) is 30.3 Å². The first kappa shape index (κ1) is 15.6. The minimum Gasteiger partial charge on any atom is -0.496 e. The van der Waals surface area contributed by atoms with Crippen LogP contribution in [0.25, 0.3) is 0 Å². The summed E-state index contributed by atoms with van der Waals surface area (Å²) in [5.74, 6) is 0.580. The lowest BCUT2D eigenvalue weighted by atomic mass is 9.93. The summed E-state index contributed by atoms with van der Waals surface area (Å²) >= 11 is 6.00. The number of carbonyl (C=O) groups excluding carboxylic acids is 1. The van der Waals surface area contributed by atoms with Crippen LogP contribution < -0.4 is 4.74 Å². The number of aryl methyl sites for hydroxylation is 3. The van der Waals surface area contributed by atoms with Gasteiger partial charge in [0.15, 0.2) is 5.78 Å². The summed E-state index contributed by atoms with van der Waals surface area (Å²) in [6.07, 6.45) is 0.356. The lowest BCUT2D eigenvalue weighted by Crippen LogP contribution is -2.08. The van der Waals surface area contributed by atoms with Crippen LogP contribution in [-0.4, -0.2) is 12.9 Å². The Labute approximate surface area is 130 Å². The molecule has 2 rings (SSSR count). The molecular weight excluding hydrogens is 284 g/mol. The highest BCUT2D eigenvalue weighted by atomic mass is 35.5. The van der Waals surface area contributed by atoms with Gasteiger partial charge in [-0.1, -0.05) is 29.3 Å². The highest BCUT2D eigenvalue weighted by Gasteiger charge is 2.16.